The summed E-state index contributed by atoms with van der Waals surface area (Å²) in [6.07, 6.45) is 9.83. The molecule has 0 spiro atoms. The van der Waals surface area contributed by atoms with E-state index in [1.54, 1.807) is 19.2 Å². The molecular weight excluding hydrogens is 516 g/mol. The molecule has 3 aromatic heterocycles. The average molecular weight is 549 g/mol. The number of benzene rings is 1. The summed E-state index contributed by atoms with van der Waals surface area (Å²) < 4.78 is 7.29. The summed E-state index contributed by atoms with van der Waals surface area (Å²) in [5.41, 5.74) is 11.3. The Morgan fingerprint density at radius 1 is 0.974 bits per heavy atom. The van der Waals surface area contributed by atoms with E-state index in [0.29, 0.717) is 22.4 Å². The van der Waals surface area contributed by atoms with E-state index in [9.17, 15) is 5.11 Å². The van der Waals surface area contributed by atoms with Gasteiger partial charge in [0.25, 0.3) is 0 Å². The van der Waals surface area contributed by atoms with Crippen LogP contribution in [0.25, 0.3) is 16.9 Å². The van der Waals surface area contributed by atoms with Gasteiger partial charge in [0.05, 0.1) is 42.5 Å². The van der Waals surface area contributed by atoms with Crippen LogP contribution in [0.15, 0.2) is 49.1 Å². The van der Waals surface area contributed by atoms with Crippen molar-refractivity contribution in [2.75, 3.05) is 61.1 Å². The first kappa shape index (κ1) is 25.7. The number of methoxy groups -OCH3 is 1. The molecule has 2 fully saturated rings. The first-order valence-corrected chi connectivity index (χ1v) is 13.7. The fourth-order valence-electron chi connectivity index (χ4n) is 5.38. The Balaban J connectivity index is 1.13. The number of hydrogen-bond donors (Lipinski definition) is 2. The number of aliphatic hydroxyl groups is 1. The van der Waals surface area contributed by atoms with Gasteiger partial charge in [-0.15, -0.1) is 0 Å². The Morgan fingerprint density at radius 3 is 2.33 bits per heavy atom. The average Bonchev–Trinajstić information content (AvgIpc) is 3.41. The lowest BCUT2D eigenvalue weighted by Crippen LogP contribution is -2.46. The van der Waals surface area contributed by atoms with Crippen LogP contribution in [0.1, 0.15) is 18.4 Å². The van der Waals surface area contributed by atoms with Crippen LogP contribution in [0.3, 0.4) is 0 Å². The van der Waals surface area contributed by atoms with Crippen LogP contribution in [0.4, 0.5) is 17.3 Å². The van der Waals surface area contributed by atoms with E-state index in [4.69, 9.17) is 27.1 Å². The van der Waals surface area contributed by atoms with E-state index in [1.165, 1.54) is 0 Å². The van der Waals surface area contributed by atoms with E-state index in [2.05, 4.69) is 36.8 Å². The fraction of sp³-hybridized carbons (Fsp3) is 0.393. The first-order chi connectivity index (χ1) is 19.0. The highest BCUT2D eigenvalue weighted by molar-refractivity contribution is 6.32. The number of piperazine rings is 1. The second-order valence-corrected chi connectivity index (χ2v) is 10.5. The van der Waals surface area contributed by atoms with E-state index in [0.717, 1.165) is 86.3 Å². The lowest BCUT2D eigenvalue weighted by Gasteiger charge is -2.37. The van der Waals surface area contributed by atoms with Gasteiger partial charge in [-0.05, 0) is 36.6 Å². The van der Waals surface area contributed by atoms with Gasteiger partial charge in [0.1, 0.15) is 11.4 Å². The van der Waals surface area contributed by atoms with Crippen molar-refractivity contribution in [1.29, 1.82) is 0 Å². The molecule has 39 heavy (non-hydrogen) atoms. The van der Waals surface area contributed by atoms with Crippen molar-refractivity contribution in [2.45, 2.75) is 25.5 Å². The van der Waals surface area contributed by atoms with Gasteiger partial charge in [-0.1, -0.05) is 11.6 Å². The molecule has 0 amide bonds. The van der Waals surface area contributed by atoms with Gasteiger partial charge in [-0.2, -0.15) is 0 Å². The standard InChI is InChI=1S/C28H33ClN8O2/c1-39-26-12-19(18-38)23(14-24(26)29)25-17-37-7-4-21(13-27(37)33-25)34-8-10-35(11-9-34)22-15-31-28(32-16-22)36-5-2-20(30)3-6-36/h4,7,12-17,20,38H,2-3,5-6,8-11,18,30H2,1H3. The normalized spacial score (nSPS) is 16.8. The summed E-state index contributed by atoms with van der Waals surface area (Å²) in [6, 6.07) is 8.07. The summed E-state index contributed by atoms with van der Waals surface area (Å²) in [7, 11) is 1.56. The number of halogens is 1. The fourth-order valence-corrected chi connectivity index (χ4v) is 5.62. The summed E-state index contributed by atoms with van der Waals surface area (Å²) in [4.78, 5) is 21.1. The zero-order valence-electron chi connectivity index (χ0n) is 22.0. The molecule has 2 saturated heterocycles. The van der Waals surface area contributed by atoms with Crippen molar-refractivity contribution in [3.8, 4) is 17.0 Å². The van der Waals surface area contributed by atoms with Crippen LogP contribution in [0, 0.1) is 0 Å². The highest BCUT2D eigenvalue weighted by Crippen LogP contribution is 2.34. The Morgan fingerprint density at radius 2 is 1.67 bits per heavy atom. The second-order valence-electron chi connectivity index (χ2n) is 10.1. The van der Waals surface area contributed by atoms with Crippen molar-refractivity contribution in [3.05, 3.63) is 59.6 Å². The highest BCUT2D eigenvalue weighted by Gasteiger charge is 2.21. The summed E-state index contributed by atoms with van der Waals surface area (Å²) in [5.74, 6) is 1.32. The number of fused-ring (bicyclic) bond motifs is 1. The van der Waals surface area contributed by atoms with E-state index < -0.39 is 0 Å². The minimum Gasteiger partial charge on any atom is -0.495 e. The minimum atomic E-state index is -0.132. The monoisotopic (exact) mass is 548 g/mol. The van der Waals surface area contributed by atoms with Crippen LogP contribution in [-0.2, 0) is 6.61 Å². The Kier molecular flexibility index (Phi) is 7.16. The zero-order chi connectivity index (χ0) is 26.9. The number of aromatic nitrogens is 4. The molecule has 0 atom stereocenters. The van der Waals surface area contributed by atoms with Crippen molar-refractivity contribution in [1.82, 2.24) is 19.4 Å². The summed E-state index contributed by atoms with van der Waals surface area (Å²) in [5, 5.41) is 10.4. The predicted octanol–water partition coefficient (Wildman–Crippen LogP) is 3.20. The van der Waals surface area contributed by atoms with Gasteiger partial charge < -0.3 is 34.7 Å². The molecule has 11 heteroatoms. The van der Waals surface area contributed by atoms with Gasteiger partial charge >= 0.3 is 0 Å². The van der Waals surface area contributed by atoms with Crippen LogP contribution in [-0.4, -0.2) is 76.9 Å². The number of nitrogens with zero attached hydrogens (tertiary/aromatic N) is 7. The van der Waals surface area contributed by atoms with Crippen molar-refractivity contribution >= 4 is 34.6 Å². The topological polar surface area (TPSA) is 108 Å². The highest BCUT2D eigenvalue weighted by atomic mass is 35.5. The summed E-state index contributed by atoms with van der Waals surface area (Å²) in [6.45, 7) is 5.24. The van der Waals surface area contributed by atoms with Crippen LogP contribution < -0.4 is 25.2 Å². The van der Waals surface area contributed by atoms with Crippen molar-refractivity contribution < 1.29 is 9.84 Å². The second kappa shape index (κ2) is 10.9. The maximum atomic E-state index is 9.91. The van der Waals surface area contributed by atoms with Gasteiger partial charge in [0.15, 0.2) is 0 Å². The van der Waals surface area contributed by atoms with E-state index >= 15 is 0 Å². The number of imidazole rings is 1. The number of aliphatic hydroxyl groups excluding tert-OH is 1. The molecule has 2 aliphatic rings. The van der Waals surface area contributed by atoms with Crippen molar-refractivity contribution in [2.24, 2.45) is 5.73 Å². The molecule has 4 aromatic rings. The Hall–Kier alpha value is -3.60. The molecule has 5 heterocycles. The minimum absolute atomic E-state index is 0.132. The third kappa shape index (κ3) is 5.19. The number of ether oxygens (including phenoxy) is 1. The molecule has 0 bridgehead atoms. The van der Waals surface area contributed by atoms with Gasteiger partial charge in [0.2, 0.25) is 5.95 Å². The molecular formula is C28H33ClN8O2. The first-order valence-electron chi connectivity index (χ1n) is 13.3. The van der Waals surface area contributed by atoms with E-state index in [-0.39, 0.29) is 6.61 Å². The summed E-state index contributed by atoms with van der Waals surface area (Å²) >= 11 is 6.37. The smallest absolute Gasteiger partial charge is 0.225 e. The largest absolute Gasteiger partial charge is 0.495 e. The Labute approximate surface area is 232 Å². The quantitative estimate of drug-likeness (QED) is 0.375. The van der Waals surface area contributed by atoms with Gasteiger partial charge in [-0.25, -0.2) is 15.0 Å². The number of anilines is 3. The molecule has 0 radical (unpaired) electrons. The van der Waals surface area contributed by atoms with Gasteiger partial charge in [-0.3, -0.25) is 0 Å². The number of hydrogen-bond acceptors (Lipinski definition) is 9. The molecule has 10 nitrogen and oxygen atoms in total. The van der Waals surface area contributed by atoms with Gasteiger partial charge in [0, 0.05) is 75.0 Å². The predicted molar refractivity (Wildman–Crippen MR) is 154 cm³/mol. The molecule has 204 valence electrons. The number of rotatable bonds is 6. The molecule has 0 unspecified atom stereocenters. The molecule has 1 aromatic carbocycles. The third-order valence-electron chi connectivity index (χ3n) is 7.72. The lowest BCUT2D eigenvalue weighted by atomic mass is 10.1. The molecule has 2 aliphatic heterocycles. The molecule has 3 N–H and O–H groups in total. The zero-order valence-corrected chi connectivity index (χ0v) is 22.8. The molecule has 0 saturated carbocycles. The maximum Gasteiger partial charge on any atom is 0.225 e. The number of nitrogens with two attached hydrogens (primary N) is 1. The number of piperidine rings is 1. The SMILES string of the molecule is COc1cc(CO)c(-c2cn3ccc(N4CCN(c5cnc(N6CCC(N)CC6)nc5)CC4)cc3n2)cc1Cl. The Bertz CT molecular complexity index is 1440. The molecule has 6 rings (SSSR count). The van der Waals surface area contributed by atoms with Crippen LogP contribution in [0.2, 0.25) is 5.02 Å². The lowest BCUT2D eigenvalue weighted by molar-refractivity contribution is 0.281. The third-order valence-corrected chi connectivity index (χ3v) is 8.02. The van der Waals surface area contributed by atoms with Crippen molar-refractivity contribution in [3.63, 3.8) is 0 Å². The number of pyridine rings is 1. The molecule has 0 aliphatic carbocycles. The van der Waals surface area contributed by atoms with Crippen LogP contribution in [0.5, 0.6) is 5.75 Å². The van der Waals surface area contributed by atoms with E-state index in [1.807, 2.05) is 29.2 Å². The van der Waals surface area contributed by atoms with Crippen LogP contribution >= 0.6 is 11.6 Å². The maximum absolute atomic E-state index is 9.91.